The zero-order valence-corrected chi connectivity index (χ0v) is 24.3. The number of carbonyl (C=O) groups is 5. The SMILES string of the molecule is C=C1CC(OC(=O)CC(C)=O)/C=C(\C)CCC2C(C(OC(C)=O)C(C=C(C)C)OC(C)=O)=COC(OC(C)=O)C12. The number of ether oxygens (including phenoxy) is 5. The van der Waals surface area contributed by atoms with Crippen molar-refractivity contribution in [1.82, 2.24) is 0 Å². The van der Waals surface area contributed by atoms with Crippen LogP contribution in [-0.2, 0) is 47.7 Å². The van der Waals surface area contributed by atoms with Crippen LogP contribution < -0.4 is 0 Å². The third kappa shape index (κ3) is 9.81. The Morgan fingerprint density at radius 3 is 2.20 bits per heavy atom. The normalized spacial score (nSPS) is 25.3. The fraction of sp³-hybridized carbons (Fsp3) is 0.567. The van der Waals surface area contributed by atoms with E-state index in [1.165, 1.54) is 34.0 Å². The molecule has 1 aliphatic heterocycles. The van der Waals surface area contributed by atoms with Crippen LogP contribution in [0.15, 0.2) is 47.3 Å². The van der Waals surface area contributed by atoms with Crippen LogP contribution in [0.3, 0.4) is 0 Å². The van der Waals surface area contributed by atoms with Crippen molar-refractivity contribution in [3.63, 3.8) is 0 Å². The second-order valence-electron chi connectivity index (χ2n) is 10.5. The molecule has 6 unspecified atom stereocenters. The average molecular weight is 561 g/mol. The Hall–Kier alpha value is -3.69. The van der Waals surface area contributed by atoms with Crippen molar-refractivity contribution >= 4 is 29.7 Å². The van der Waals surface area contributed by atoms with Crippen LogP contribution in [-0.4, -0.2) is 54.3 Å². The maximum Gasteiger partial charge on any atom is 0.313 e. The molecule has 40 heavy (non-hydrogen) atoms. The van der Waals surface area contributed by atoms with E-state index in [-0.39, 0.29) is 18.6 Å². The number of rotatable bonds is 9. The number of allylic oxidation sites excluding steroid dienone is 2. The van der Waals surface area contributed by atoms with Gasteiger partial charge in [-0.3, -0.25) is 24.0 Å². The van der Waals surface area contributed by atoms with E-state index in [9.17, 15) is 24.0 Å². The van der Waals surface area contributed by atoms with Gasteiger partial charge in [-0.1, -0.05) is 23.3 Å². The highest BCUT2D eigenvalue weighted by Gasteiger charge is 2.46. The van der Waals surface area contributed by atoms with E-state index in [1.807, 2.05) is 26.8 Å². The molecule has 2 aliphatic rings. The van der Waals surface area contributed by atoms with Gasteiger partial charge in [-0.2, -0.15) is 0 Å². The Bertz CT molecular complexity index is 1110. The summed E-state index contributed by atoms with van der Waals surface area (Å²) in [5, 5.41) is 0. The Morgan fingerprint density at radius 2 is 1.65 bits per heavy atom. The van der Waals surface area contributed by atoms with Crippen LogP contribution in [0.1, 0.15) is 74.1 Å². The third-order valence-electron chi connectivity index (χ3n) is 6.43. The molecule has 0 fully saturated rings. The molecule has 0 spiro atoms. The fourth-order valence-corrected chi connectivity index (χ4v) is 5.01. The van der Waals surface area contributed by atoms with Gasteiger partial charge in [-0.15, -0.1) is 0 Å². The van der Waals surface area contributed by atoms with Gasteiger partial charge in [0.1, 0.15) is 18.3 Å². The standard InChI is InChI=1S/C30H40O10/c1-16(2)11-26(37-20(6)32)29(38-21(7)33)25-15-36-30(39-22(8)34)28-18(4)13-23(40-27(35)14-19(5)31)12-17(3)9-10-24(25)28/h11-12,15,23-24,26,28-30H,4,9-10,13-14H2,1-3,5-8H3/b17-12+. The van der Waals surface area contributed by atoms with E-state index in [0.29, 0.717) is 24.0 Å². The van der Waals surface area contributed by atoms with Crippen LogP contribution in [0.4, 0.5) is 0 Å². The van der Waals surface area contributed by atoms with Gasteiger partial charge < -0.3 is 23.7 Å². The lowest BCUT2D eigenvalue weighted by Crippen LogP contribution is -2.45. The van der Waals surface area contributed by atoms with Gasteiger partial charge in [-0.25, -0.2) is 0 Å². The highest BCUT2D eigenvalue weighted by Crippen LogP contribution is 2.44. The largest absolute Gasteiger partial charge is 0.462 e. The molecule has 220 valence electrons. The van der Waals surface area contributed by atoms with Gasteiger partial charge >= 0.3 is 23.9 Å². The van der Waals surface area contributed by atoms with Gasteiger partial charge in [0.2, 0.25) is 6.29 Å². The number of ketones is 1. The Kier molecular flexibility index (Phi) is 11.9. The summed E-state index contributed by atoms with van der Waals surface area (Å²) in [5.74, 6) is -3.69. The van der Waals surface area contributed by atoms with Crippen molar-refractivity contribution in [3.05, 3.63) is 47.3 Å². The van der Waals surface area contributed by atoms with E-state index in [4.69, 9.17) is 23.7 Å². The monoisotopic (exact) mass is 560 g/mol. The second kappa shape index (κ2) is 14.6. The minimum atomic E-state index is -1.04. The number of hydrogen-bond acceptors (Lipinski definition) is 10. The number of Topliss-reactive ketones (excluding diaryl/α,β-unsaturated/α-hetero) is 1. The molecule has 0 saturated heterocycles. The average Bonchev–Trinajstić information content (AvgIpc) is 2.84. The smallest absolute Gasteiger partial charge is 0.313 e. The van der Waals surface area contributed by atoms with E-state index < -0.39 is 60.3 Å². The first kappa shape index (κ1) is 32.5. The summed E-state index contributed by atoms with van der Waals surface area (Å²) in [5.41, 5.74) is 2.87. The summed E-state index contributed by atoms with van der Waals surface area (Å²) in [7, 11) is 0. The van der Waals surface area contributed by atoms with Crippen molar-refractivity contribution < 1.29 is 47.7 Å². The summed E-state index contributed by atoms with van der Waals surface area (Å²) in [4.78, 5) is 60.0. The van der Waals surface area contributed by atoms with E-state index in [0.717, 1.165) is 11.1 Å². The number of fused-ring (bicyclic) bond motifs is 1. The van der Waals surface area contributed by atoms with Crippen molar-refractivity contribution in [2.24, 2.45) is 11.8 Å². The Morgan fingerprint density at radius 1 is 1.00 bits per heavy atom. The molecule has 1 aliphatic carbocycles. The van der Waals surface area contributed by atoms with Gasteiger partial charge in [0.25, 0.3) is 0 Å². The van der Waals surface area contributed by atoms with Gasteiger partial charge in [0.05, 0.1) is 12.2 Å². The third-order valence-corrected chi connectivity index (χ3v) is 6.43. The summed E-state index contributed by atoms with van der Waals surface area (Å²) in [6.07, 6.45) is 2.10. The first-order valence-corrected chi connectivity index (χ1v) is 13.2. The van der Waals surface area contributed by atoms with Crippen LogP contribution in [0, 0.1) is 11.8 Å². The summed E-state index contributed by atoms with van der Waals surface area (Å²) >= 11 is 0. The molecule has 1 heterocycles. The molecular weight excluding hydrogens is 520 g/mol. The van der Waals surface area contributed by atoms with Crippen LogP contribution in [0.2, 0.25) is 0 Å². The van der Waals surface area contributed by atoms with Crippen LogP contribution >= 0.6 is 0 Å². The minimum Gasteiger partial charge on any atom is -0.462 e. The highest BCUT2D eigenvalue weighted by molar-refractivity contribution is 5.94. The lowest BCUT2D eigenvalue weighted by molar-refractivity contribution is -0.182. The summed E-state index contributed by atoms with van der Waals surface area (Å²) in [6, 6.07) is 0. The molecule has 6 atom stereocenters. The molecule has 0 N–H and O–H groups in total. The molecule has 0 aromatic rings. The first-order valence-electron chi connectivity index (χ1n) is 13.2. The number of hydrogen-bond donors (Lipinski definition) is 0. The van der Waals surface area contributed by atoms with Crippen molar-refractivity contribution in [2.45, 2.75) is 98.8 Å². The molecule has 0 saturated carbocycles. The predicted molar refractivity (Wildman–Crippen MR) is 144 cm³/mol. The zero-order valence-electron chi connectivity index (χ0n) is 24.3. The Balaban J connectivity index is 2.59. The van der Waals surface area contributed by atoms with Crippen LogP contribution in [0.5, 0.6) is 0 Å². The number of carbonyl (C=O) groups excluding carboxylic acids is 5. The molecule has 0 amide bonds. The Labute approximate surface area is 235 Å². The topological polar surface area (TPSA) is 132 Å². The van der Waals surface area contributed by atoms with Crippen molar-refractivity contribution in [3.8, 4) is 0 Å². The molecule has 10 nitrogen and oxygen atoms in total. The molecular formula is C30H40O10. The van der Waals surface area contributed by atoms with Gasteiger partial charge in [0, 0.05) is 38.7 Å². The van der Waals surface area contributed by atoms with Gasteiger partial charge in [-0.05, 0) is 52.7 Å². The van der Waals surface area contributed by atoms with Crippen molar-refractivity contribution in [1.29, 1.82) is 0 Å². The van der Waals surface area contributed by atoms with E-state index >= 15 is 0 Å². The molecule has 0 radical (unpaired) electrons. The first-order chi connectivity index (χ1) is 18.7. The summed E-state index contributed by atoms with van der Waals surface area (Å²) in [6.45, 7) is 14.9. The van der Waals surface area contributed by atoms with E-state index in [2.05, 4.69) is 6.58 Å². The lowest BCUT2D eigenvalue weighted by atomic mass is 9.74. The quantitative estimate of drug-likeness (QED) is 0.173. The minimum absolute atomic E-state index is 0.177. The maximum absolute atomic E-state index is 12.3. The molecule has 2 rings (SSSR count). The molecule has 10 heteroatoms. The second-order valence-corrected chi connectivity index (χ2v) is 10.5. The zero-order chi connectivity index (χ0) is 30.1. The van der Waals surface area contributed by atoms with E-state index in [1.54, 1.807) is 6.08 Å². The molecule has 0 aromatic carbocycles. The highest BCUT2D eigenvalue weighted by atomic mass is 16.7. The lowest BCUT2D eigenvalue weighted by Gasteiger charge is -2.41. The molecule has 0 bridgehead atoms. The van der Waals surface area contributed by atoms with Crippen molar-refractivity contribution in [2.75, 3.05) is 0 Å². The maximum atomic E-state index is 12.3. The van der Waals surface area contributed by atoms with Gasteiger partial charge in [0.15, 0.2) is 12.2 Å². The van der Waals surface area contributed by atoms with Crippen LogP contribution in [0.25, 0.3) is 0 Å². The summed E-state index contributed by atoms with van der Waals surface area (Å²) < 4.78 is 28.3. The molecule has 0 aromatic heterocycles. The predicted octanol–water partition coefficient (Wildman–Crippen LogP) is 4.43. The fourth-order valence-electron chi connectivity index (χ4n) is 5.01. The number of esters is 4.